The number of amides is 1. The van der Waals surface area contributed by atoms with Crippen molar-refractivity contribution in [2.24, 2.45) is 5.92 Å². The molecule has 2 fully saturated rings. The molecule has 4 rings (SSSR count). The second-order valence-corrected chi connectivity index (χ2v) is 7.32. The molecule has 1 aromatic carbocycles. The molecule has 0 unspecified atom stereocenters. The van der Waals surface area contributed by atoms with Crippen molar-refractivity contribution in [3.05, 3.63) is 30.0 Å². The van der Waals surface area contributed by atoms with E-state index in [4.69, 9.17) is 4.74 Å². The molecule has 134 valence electrons. The van der Waals surface area contributed by atoms with E-state index in [1.54, 1.807) is 7.11 Å². The monoisotopic (exact) mass is 341 g/mol. The maximum atomic E-state index is 12.6. The van der Waals surface area contributed by atoms with E-state index in [2.05, 4.69) is 15.2 Å². The normalized spacial score (nSPS) is 24.0. The number of benzene rings is 1. The van der Waals surface area contributed by atoms with Crippen LogP contribution in [0, 0.1) is 5.92 Å². The molecular formula is C20H27N3O2. The van der Waals surface area contributed by atoms with Gasteiger partial charge in [-0.2, -0.15) is 0 Å². The van der Waals surface area contributed by atoms with Crippen molar-refractivity contribution in [2.75, 3.05) is 26.7 Å². The quantitative estimate of drug-likeness (QED) is 0.898. The van der Waals surface area contributed by atoms with Gasteiger partial charge in [0, 0.05) is 23.5 Å². The molecule has 1 aromatic heterocycles. The Morgan fingerprint density at radius 3 is 3.04 bits per heavy atom. The summed E-state index contributed by atoms with van der Waals surface area (Å²) >= 11 is 0. The Morgan fingerprint density at radius 2 is 2.16 bits per heavy atom. The van der Waals surface area contributed by atoms with E-state index >= 15 is 0 Å². The Labute approximate surface area is 148 Å². The van der Waals surface area contributed by atoms with Gasteiger partial charge >= 0.3 is 0 Å². The van der Waals surface area contributed by atoms with Crippen LogP contribution >= 0.6 is 0 Å². The first-order chi connectivity index (χ1) is 12.3. The molecule has 5 heteroatoms. The Bertz CT molecular complexity index is 752. The van der Waals surface area contributed by atoms with Gasteiger partial charge in [-0.3, -0.25) is 4.79 Å². The van der Waals surface area contributed by atoms with Crippen molar-refractivity contribution in [3.8, 4) is 5.75 Å². The van der Waals surface area contributed by atoms with Gasteiger partial charge in [0.2, 0.25) is 0 Å². The van der Waals surface area contributed by atoms with Crippen LogP contribution in [0.2, 0.25) is 0 Å². The van der Waals surface area contributed by atoms with Crippen molar-refractivity contribution >= 4 is 16.8 Å². The van der Waals surface area contributed by atoms with Crippen LogP contribution in [-0.2, 0) is 0 Å². The van der Waals surface area contributed by atoms with Gasteiger partial charge < -0.3 is 19.9 Å². The first kappa shape index (κ1) is 16.5. The second kappa shape index (κ2) is 7.08. The van der Waals surface area contributed by atoms with Gasteiger partial charge in [0.25, 0.3) is 5.91 Å². The van der Waals surface area contributed by atoms with E-state index in [0.29, 0.717) is 17.7 Å². The summed E-state index contributed by atoms with van der Waals surface area (Å²) in [5.41, 5.74) is 1.54. The highest BCUT2D eigenvalue weighted by atomic mass is 16.5. The zero-order chi connectivity index (χ0) is 17.2. The summed E-state index contributed by atoms with van der Waals surface area (Å²) in [5, 5.41) is 4.11. The number of hydrogen-bond acceptors (Lipinski definition) is 3. The highest BCUT2D eigenvalue weighted by Gasteiger charge is 2.33. The standard InChI is InChI=1S/C20H27N3O2/c1-25-19-9-4-7-16-15(19)12-17(22-16)20(24)21-13-14-6-5-11-23-10-3-2-8-18(14)23/h4,7,9,12,14,18,22H,2-3,5-6,8,10-11,13H2,1H3,(H,21,24)/t14-,18+/m1/s1. The minimum Gasteiger partial charge on any atom is -0.496 e. The molecular weight excluding hydrogens is 314 g/mol. The highest BCUT2D eigenvalue weighted by Crippen LogP contribution is 2.30. The smallest absolute Gasteiger partial charge is 0.267 e. The molecule has 3 heterocycles. The molecule has 1 amide bonds. The molecule has 0 aliphatic carbocycles. The van der Waals surface area contributed by atoms with E-state index in [9.17, 15) is 4.79 Å². The number of aromatic nitrogens is 1. The SMILES string of the molecule is COc1cccc2[nH]c(C(=O)NC[C@H]3CCCN4CCCC[C@@H]34)cc12. The number of methoxy groups -OCH3 is 1. The summed E-state index contributed by atoms with van der Waals surface area (Å²) in [6.45, 7) is 3.24. The maximum absolute atomic E-state index is 12.6. The first-order valence-corrected chi connectivity index (χ1v) is 9.44. The van der Waals surface area contributed by atoms with Gasteiger partial charge in [-0.1, -0.05) is 12.5 Å². The third-order valence-corrected chi connectivity index (χ3v) is 5.84. The van der Waals surface area contributed by atoms with Gasteiger partial charge in [-0.25, -0.2) is 0 Å². The predicted molar refractivity (Wildman–Crippen MR) is 99.1 cm³/mol. The third-order valence-electron chi connectivity index (χ3n) is 5.84. The van der Waals surface area contributed by atoms with Crippen molar-refractivity contribution in [1.82, 2.24) is 15.2 Å². The van der Waals surface area contributed by atoms with Crippen LogP contribution in [0.25, 0.3) is 10.9 Å². The Morgan fingerprint density at radius 1 is 1.28 bits per heavy atom. The highest BCUT2D eigenvalue weighted by molar-refractivity contribution is 5.99. The zero-order valence-electron chi connectivity index (χ0n) is 14.9. The number of aromatic amines is 1. The Kier molecular flexibility index (Phi) is 4.66. The van der Waals surface area contributed by atoms with Crippen LogP contribution in [0.3, 0.4) is 0 Å². The van der Waals surface area contributed by atoms with Gasteiger partial charge in [0.15, 0.2) is 0 Å². The average Bonchev–Trinajstić information content (AvgIpc) is 3.10. The minimum atomic E-state index is -0.0221. The molecule has 5 nitrogen and oxygen atoms in total. The minimum absolute atomic E-state index is 0.0221. The van der Waals surface area contributed by atoms with Crippen molar-refractivity contribution in [2.45, 2.75) is 38.1 Å². The fourth-order valence-corrected chi connectivity index (χ4v) is 4.56. The number of ether oxygens (including phenoxy) is 1. The number of carbonyl (C=O) groups is 1. The molecule has 2 atom stereocenters. The van der Waals surface area contributed by atoms with Crippen LogP contribution in [0.1, 0.15) is 42.6 Å². The van der Waals surface area contributed by atoms with Gasteiger partial charge in [-0.05, 0) is 62.9 Å². The van der Waals surface area contributed by atoms with Crippen LogP contribution in [0.5, 0.6) is 5.75 Å². The summed E-state index contributed by atoms with van der Waals surface area (Å²) in [5.74, 6) is 1.35. The number of nitrogens with zero attached hydrogens (tertiary/aromatic N) is 1. The number of hydrogen-bond donors (Lipinski definition) is 2. The van der Waals surface area contributed by atoms with Crippen LogP contribution < -0.4 is 10.1 Å². The molecule has 2 saturated heterocycles. The summed E-state index contributed by atoms with van der Waals surface area (Å²) in [6, 6.07) is 8.36. The molecule has 0 radical (unpaired) electrons. The third kappa shape index (κ3) is 3.25. The number of fused-ring (bicyclic) bond motifs is 2. The van der Waals surface area contributed by atoms with E-state index in [-0.39, 0.29) is 5.91 Å². The number of piperidine rings is 2. The predicted octanol–water partition coefficient (Wildman–Crippen LogP) is 3.17. The number of rotatable bonds is 4. The lowest BCUT2D eigenvalue weighted by Crippen LogP contribution is -2.51. The molecule has 2 aromatic rings. The van der Waals surface area contributed by atoms with Gasteiger partial charge in [-0.15, -0.1) is 0 Å². The maximum Gasteiger partial charge on any atom is 0.267 e. The number of nitrogens with one attached hydrogen (secondary N) is 2. The molecule has 2 aliphatic rings. The topological polar surface area (TPSA) is 57.4 Å². The zero-order valence-corrected chi connectivity index (χ0v) is 14.9. The van der Waals surface area contributed by atoms with E-state index in [1.165, 1.54) is 45.2 Å². The lowest BCUT2D eigenvalue weighted by molar-refractivity contribution is 0.0575. The Balaban J connectivity index is 1.43. The number of carbonyl (C=O) groups excluding carboxylic acids is 1. The lowest BCUT2D eigenvalue weighted by atomic mass is 9.83. The van der Waals surface area contributed by atoms with E-state index < -0.39 is 0 Å². The summed E-state index contributed by atoms with van der Waals surface area (Å²) in [4.78, 5) is 18.5. The number of H-pyrrole nitrogens is 1. The molecule has 0 spiro atoms. The molecule has 2 N–H and O–H groups in total. The summed E-state index contributed by atoms with van der Waals surface area (Å²) < 4.78 is 5.38. The molecule has 0 bridgehead atoms. The van der Waals surface area contributed by atoms with Crippen LogP contribution in [0.15, 0.2) is 24.3 Å². The Hall–Kier alpha value is -2.01. The molecule has 0 saturated carbocycles. The van der Waals surface area contributed by atoms with Gasteiger partial charge in [0.05, 0.1) is 7.11 Å². The van der Waals surface area contributed by atoms with Crippen LogP contribution in [0.4, 0.5) is 0 Å². The largest absolute Gasteiger partial charge is 0.496 e. The first-order valence-electron chi connectivity index (χ1n) is 9.44. The fourth-order valence-electron chi connectivity index (χ4n) is 4.56. The summed E-state index contributed by atoms with van der Waals surface area (Å²) in [6.07, 6.45) is 6.41. The van der Waals surface area contributed by atoms with E-state index in [1.807, 2.05) is 24.3 Å². The van der Waals surface area contributed by atoms with Crippen molar-refractivity contribution in [1.29, 1.82) is 0 Å². The van der Waals surface area contributed by atoms with Crippen molar-refractivity contribution < 1.29 is 9.53 Å². The van der Waals surface area contributed by atoms with E-state index in [0.717, 1.165) is 23.2 Å². The van der Waals surface area contributed by atoms with Gasteiger partial charge in [0.1, 0.15) is 11.4 Å². The second-order valence-electron chi connectivity index (χ2n) is 7.32. The van der Waals surface area contributed by atoms with Crippen molar-refractivity contribution in [3.63, 3.8) is 0 Å². The van der Waals surface area contributed by atoms with Crippen LogP contribution in [-0.4, -0.2) is 48.6 Å². The average molecular weight is 341 g/mol. The lowest BCUT2D eigenvalue weighted by Gasteiger charge is -2.44. The molecule has 25 heavy (non-hydrogen) atoms. The fraction of sp³-hybridized carbons (Fsp3) is 0.550. The molecule has 2 aliphatic heterocycles. The summed E-state index contributed by atoms with van der Waals surface area (Å²) in [7, 11) is 1.65.